The van der Waals surface area contributed by atoms with Crippen LogP contribution in [0.25, 0.3) is 20.9 Å². The number of aromatic nitrogens is 2. The maximum Gasteiger partial charge on any atom is 0.188 e. The summed E-state index contributed by atoms with van der Waals surface area (Å²) in [6.07, 6.45) is 3.54. The number of carbonyl (C=O) groups excluding carboxylic acids is 1. The molecule has 0 saturated carbocycles. The van der Waals surface area contributed by atoms with Crippen LogP contribution in [0.5, 0.6) is 0 Å². The molecule has 0 spiro atoms. The second-order valence-corrected chi connectivity index (χ2v) is 7.44. The highest BCUT2D eigenvalue weighted by atomic mass is 32.1. The molecule has 0 aromatic carbocycles. The number of hydrogen-bond donors (Lipinski definition) is 0. The smallest absolute Gasteiger partial charge is 0.188 e. The summed E-state index contributed by atoms with van der Waals surface area (Å²) in [7, 11) is 0. The maximum absolute atomic E-state index is 11.6. The minimum atomic E-state index is -1.18. The molecule has 0 atom stereocenters. The zero-order chi connectivity index (χ0) is 15.8. The highest BCUT2D eigenvalue weighted by Gasteiger charge is 2.19. The van der Waals surface area contributed by atoms with Crippen LogP contribution in [0.15, 0.2) is 23.6 Å². The zero-order valence-corrected chi connectivity index (χ0v) is 14.0. The Labute approximate surface area is 141 Å². The van der Waals surface area contributed by atoms with Gasteiger partial charge in [-0.3, -0.25) is 0 Å². The molecule has 1 aliphatic rings. The topological polar surface area (TPSA) is 69.1 Å². The van der Waals surface area contributed by atoms with Gasteiger partial charge in [-0.1, -0.05) is 17.4 Å². The standard InChI is InChI=1S/C16H15N3O2S2/c20-15(21)10-9-11(12-5-4-8-22-12)17-14-13(10)23-16(18-14)19-6-2-1-3-7-19/h4-5,8-9H,1-3,6-7H2,(H,20,21)/p-1. The number of piperidine rings is 1. The number of rotatable bonds is 3. The van der Waals surface area contributed by atoms with Crippen molar-refractivity contribution < 1.29 is 9.90 Å². The van der Waals surface area contributed by atoms with Crippen LogP contribution in [-0.4, -0.2) is 29.0 Å². The molecule has 1 saturated heterocycles. The van der Waals surface area contributed by atoms with Crippen LogP contribution in [-0.2, 0) is 0 Å². The molecule has 118 valence electrons. The molecule has 4 heterocycles. The Balaban J connectivity index is 1.85. The second-order valence-electron chi connectivity index (χ2n) is 5.52. The third-order valence-electron chi connectivity index (χ3n) is 3.97. The van der Waals surface area contributed by atoms with Crippen molar-refractivity contribution >= 4 is 44.1 Å². The third-order valence-corrected chi connectivity index (χ3v) is 6.00. The molecule has 3 aromatic heterocycles. The summed E-state index contributed by atoms with van der Waals surface area (Å²) < 4.78 is 0.603. The quantitative estimate of drug-likeness (QED) is 0.731. The number of thiophene rings is 1. The van der Waals surface area contributed by atoms with Gasteiger partial charge in [-0.15, -0.1) is 11.3 Å². The molecule has 3 aromatic rings. The lowest BCUT2D eigenvalue weighted by molar-refractivity contribution is -0.254. The van der Waals surface area contributed by atoms with Gasteiger partial charge in [0.25, 0.3) is 0 Å². The monoisotopic (exact) mass is 344 g/mol. The van der Waals surface area contributed by atoms with E-state index in [2.05, 4.69) is 14.9 Å². The molecule has 0 unspecified atom stereocenters. The Morgan fingerprint density at radius 3 is 2.74 bits per heavy atom. The Morgan fingerprint density at radius 1 is 1.22 bits per heavy atom. The normalized spacial score (nSPS) is 15.2. The second kappa shape index (κ2) is 5.90. The molecule has 0 N–H and O–H groups in total. The van der Waals surface area contributed by atoms with Crippen LogP contribution in [0.3, 0.4) is 0 Å². The van der Waals surface area contributed by atoms with Crippen molar-refractivity contribution in [2.75, 3.05) is 18.0 Å². The van der Waals surface area contributed by atoms with Crippen LogP contribution >= 0.6 is 22.7 Å². The lowest BCUT2D eigenvalue weighted by Crippen LogP contribution is -2.29. The third kappa shape index (κ3) is 2.70. The summed E-state index contributed by atoms with van der Waals surface area (Å²) in [4.78, 5) is 23.9. The number of hydrogen-bond acceptors (Lipinski definition) is 7. The van der Waals surface area contributed by atoms with E-state index in [0.717, 1.165) is 35.9 Å². The number of pyridine rings is 1. The van der Waals surface area contributed by atoms with E-state index in [9.17, 15) is 9.90 Å². The number of carbonyl (C=O) groups is 1. The number of carboxylic acids is 1. The first-order valence-electron chi connectivity index (χ1n) is 7.54. The van der Waals surface area contributed by atoms with Gasteiger partial charge >= 0.3 is 0 Å². The Kier molecular flexibility index (Phi) is 3.74. The minimum Gasteiger partial charge on any atom is -0.545 e. The van der Waals surface area contributed by atoms with Crippen LogP contribution in [0.2, 0.25) is 0 Å². The van der Waals surface area contributed by atoms with Crippen LogP contribution in [0.1, 0.15) is 29.6 Å². The lowest BCUT2D eigenvalue weighted by Gasteiger charge is -2.25. The molecule has 0 amide bonds. The molecule has 0 aliphatic carbocycles. The van der Waals surface area contributed by atoms with Crippen molar-refractivity contribution in [3.63, 3.8) is 0 Å². The van der Waals surface area contributed by atoms with Crippen molar-refractivity contribution in [1.29, 1.82) is 0 Å². The summed E-state index contributed by atoms with van der Waals surface area (Å²) in [5, 5.41) is 14.4. The lowest BCUT2D eigenvalue weighted by atomic mass is 10.1. The zero-order valence-electron chi connectivity index (χ0n) is 12.3. The average Bonchev–Trinajstić information content (AvgIpc) is 3.23. The molecular weight excluding hydrogens is 330 g/mol. The van der Waals surface area contributed by atoms with Crippen LogP contribution < -0.4 is 10.0 Å². The van der Waals surface area contributed by atoms with E-state index in [1.54, 1.807) is 6.07 Å². The van der Waals surface area contributed by atoms with E-state index in [-0.39, 0.29) is 5.56 Å². The molecule has 7 heteroatoms. The fraction of sp³-hybridized carbons (Fsp3) is 0.312. The van der Waals surface area contributed by atoms with E-state index < -0.39 is 5.97 Å². The maximum atomic E-state index is 11.6. The van der Waals surface area contributed by atoms with Gasteiger partial charge in [0.2, 0.25) is 0 Å². The largest absolute Gasteiger partial charge is 0.545 e. The molecule has 1 fully saturated rings. The van der Waals surface area contributed by atoms with Gasteiger partial charge in [0, 0.05) is 18.7 Å². The number of aromatic carboxylic acids is 1. The fourth-order valence-corrected chi connectivity index (χ4v) is 4.57. The molecule has 0 radical (unpaired) electrons. The van der Waals surface area contributed by atoms with E-state index >= 15 is 0 Å². The summed E-state index contributed by atoms with van der Waals surface area (Å²) >= 11 is 2.93. The van der Waals surface area contributed by atoms with Gasteiger partial charge in [0.05, 0.1) is 21.2 Å². The number of fused-ring (bicyclic) bond motifs is 1. The molecular formula is C16H14N3O2S2-. The van der Waals surface area contributed by atoms with Crippen molar-refractivity contribution in [2.24, 2.45) is 0 Å². The Morgan fingerprint density at radius 2 is 2.04 bits per heavy atom. The van der Waals surface area contributed by atoms with Crippen LogP contribution in [0.4, 0.5) is 5.13 Å². The van der Waals surface area contributed by atoms with Gasteiger partial charge in [0.1, 0.15) is 0 Å². The summed E-state index contributed by atoms with van der Waals surface area (Å²) in [6, 6.07) is 5.45. The van der Waals surface area contributed by atoms with Gasteiger partial charge in [-0.2, -0.15) is 4.98 Å². The van der Waals surface area contributed by atoms with Crippen molar-refractivity contribution in [3.8, 4) is 10.6 Å². The summed E-state index contributed by atoms with van der Waals surface area (Å²) in [6.45, 7) is 1.94. The minimum absolute atomic E-state index is 0.180. The first-order valence-corrected chi connectivity index (χ1v) is 9.24. The first-order chi connectivity index (χ1) is 11.2. The van der Waals surface area contributed by atoms with Crippen molar-refractivity contribution in [2.45, 2.75) is 19.3 Å². The summed E-state index contributed by atoms with van der Waals surface area (Å²) in [5.41, 5.74) is 1.32. The van der Waals surface area contributed by atoms with Gasteiger partial charge in [-0.25, -0.2) is 4.98 Å². The van der Waals surface area contributed by atoms with Crippen LogP contribution in [0, 0.1) is 0 Å². The Bertz CT molecular complexity index is 852. The van der Waals surface area contributed by atoms with Gasteiger partial charge < -0.3 is 14.8 Å². The van der Waals surface area contributed by atoms with Gasteiger partial charge in [0.15, 0.2) is 10.8 Å². The number of anilines is 1. The summed E-state index contributed by atoms with van der Waals surface area (Å²) in [5.74, 6) is -1.18. The molecule has 23 heavy (non-hydrogen) atoms. The van der Waals surface area contributed by atoms with E-state index in [0.29, 0.717) is 16.0 Å². The fourth-order valence-electron chi connectivity index (χ4n) is 2.82. The SMILES string of the molecule is O=C([O-])c1cc(-c2cccs2)nc2nc(N3CCCCC3)sc12. The molecule has 5 nitrogen and oxygen atoms in total. The highest BCUT2D eigenvalue weighted by molar-refractivity contribution is 7.22. The average molecular weight is 344 g/mol. The van der Waals surface area contributed by atoms with Crippen molar-refractivity contribution in [1.82, 2.24) is 9.97 Å². The van der Waals surface area contributed by atoms with E-state index in [4.69, 9.17) is 0 Å². The van der Waals surface area contributed by atoms with Crippen molar-refractivity contribution in [3.05, 3.63) is 29.1 Å². The Hall–Kier alpha value is -1.99. The predicted molar refractivity (Wildman–Crippen MR) is 91.1 cm³/mol. The number of carboxylic acid groups (broad SMARTS) is 1. The molecule has 1 aliphatic heterocycles. The first kappa shape index (κ1) is 14.6. The van der Waals surface area contributed by atoms with E-state index in [1.807, 2.05) is 17.5 Å². The predicted octanol–water partition coefficient (Wildman–Crippen LogP) is 2.77. The molecule has 4 rings (SSSR count). The van der Waals surface area contributed by atoms with Gasteiger partial charge in [-0.05, 0) is 36.8 Å². The molecule has 0 bridgehead atoms. The highest BCUT2D eigenvalue weighted by Crippen LogP contribution is 2.34. The van der Waals surface area contributed by atoms with E-state index in [1.165, 1.54) is 29.1 Å². The number of nitrogens with zero attached hydrogens (tertiary/aromatic N) is 3. The number of thiazole rings is 1.